The number of para-hydroxylation sites is 1. The first kappa shape index (κ1) is 17.6. The van der Waals surface area contributed by atoms with Crippen LogP contribution in [0.4, 0.5) is 0 Å². The smallest absolute Gasteiger partial charge is 0.216 e. The van der Waals surface area contributed by atoms with Crippen LogP contribution in [0, 0.1) is 4.77 Å². The largest absolute Gasteiger partial charge is 0.497 e. The first-order chi connectivity index (χ1) is 12.7. The van der Waals surface area contributed by atoms with E-state index in [-0.39, 0.29) is 0 Å². The molecule has 0 aliphatic rings. The summed E-state index contributed by atoms with van der Waals surface area (Å²) in [7, 11) is 3.27. The lowest BCUT2D eigenvalue weighted by molar-refractivity contribution is 0.414. The van der Waals surface area contributed by atoms with E-state index in [9.17, 15) is 0 Å². The number of hydrogen-bond acceptors (Lipinski definition) is 5. The molecule has 0 spiro atoms. The maximum Gasteiger partial charge on any atom is 0.216 e. The zero-order valence-electron chi connectivity index (χ0n) is 14.4. The minimum atomic E-state index is 0.415. The maximum absolute atomic E-state index is 5.32. The number of nitrogens with one attached hydrogen (secondary N) is 1. The van der Waals surface area contributed by atoms with E-state index in [1.54, 1.807) is 25.1 Å². The van der Waals surface area contributed by atoms with Crippen LogP contribution in [0.25, 0.3) is 17.5 Å². The van der Waals surface area contributed by atoms with Crippen molar-refractivity contribution < 1.29 is 9.47 Å². The highest BCUT2D eigenvalue weighted by atomic mass is 32.1. The zero-order chi connectivity index (χ0) is 18.4. The molecule has 0 aliphatic heterocycles. The van der Waals surface area contributed by atoms with E-state index in [4.69, 9.17) is 21.7 Å². The third-order valence-electron chi connectivity index (χ3n) is 3.68. The van der Waals surface area contributed by atoms with E-state index in [2.05, 4.69) is 15.3 Å². The van der Waals surface area contributed by atoms with Crippen LogP contribution < -0.4 is 9.47 Å². The second-order valence-corrected chi connectivity index (χ2v) is 5.64. The van der Waals surface area contributed by atoms with E-state index in [0.717, 1.165) is 22.6 Å². The lowest BCUT2D eigenvalue weighted by atomic mass is 10.2. The Hall–Kier alpha value is -3.19. The Balaban J connectivity index is 1.83. The minimum Gasteiger partial charge on any atom is -0.497 e. The first-order valence-corrected chi connectivity index (χ1v) is 8.29. The van der Waals surface area contributed by atoms with Crippen molar-refractivity contribution in [3.63, 3.8) is 0 Å². The van der Waals surface area contributed by atoms with Gasteiger partial charge in [0.25, 0.3) is 0 Å². The van der Waals surface area contributed by atoms with Crippen molar-refractivity contribution in [1.82, 2.24) is 14.9 Å². The Bertz CT molecular complexity index is 987. The molecule has 132 valence electrons. The molecule has 0 unspecified atom stereocenters. The Morgan fingerprint density at radius 3 is 2.58 bits per heavy atom. The number of aromatic nitrogens is 3. The molecule has 26 heavy (non-hydrogen) atoms. The molecule has 0 bridgehead atoms. The zero-order valence-corrected chi connectivity index (χ0v) is 15.2. The molecule has 0 atom stereocenters. The van der Waals surface area contributed by atoms with E-state index in [0.29, 0.717) is 10.6 Å². The summed E-state index contributed by atoms with van der Waals surface area (Å²) in [6, 6.07) is 15.3. The molecule has 0 saturated heterocycles. The monoisotopic (exact) mass is 366 g/mol. The van der Waals surface area contributed by atoms with Crippen molar-refractivity contribution >= 4 is 24.5 Å². The van der Waals surface area contributed by atoms with Gasteiger partial charge >= 0.3 is 0 Å². The van der Waals surface area contributed by atoms with Crippen molar-refractivity contribution in [2.45, 2.75) is 0 Å². The molecule has 0 radical (unpaired) electrons. The Morgan fingerprint density at radius 2 is 1.85 bits per heavy atom. The fourth-order valence-corrected chi connectivity index (χ4v) is 2.56. The van der Waals surface area contributed by atoms with Gasteiger partial charge < -0.3 is 9.47 Å². The number of benzene rings is 2. The van der Waals surface area contributed by atoms with Crippen molar-refractivity contribution in [3.05, 3.63) is 64.9 Å². The SMILES string of the molecule is COc1ccc(-c2n[nH]c(=S)n2/N=C\C=C/c2ccccc2OC)cc1. The van der Waals surface area contributed by atoms with Gasteiger partial charge in [0.2, 0.25) is 4.77 Å². The van der Waals surface area contributed by atoms with Crippen LogP contribution in [0.1, 0.15) is 5.56 Å². The average Bonchev–Trinajstić information content (AvgIpc) is 3.06. The van der Waals surface area contributed by atoms with Crippen LogP contribution >= 0.6 is 12.2 Å². The summed E-state index contributed by atoms with van der Waals surface area (Å²) < 4.78 is 12.5. The second-order valence-electron chi connectivity index (χ2n) is 5.26. The van der Waals surface area contributed by atoms with Gasteiger partial charge in [0.05, 0.1) is 14.2 Å². The molecule has 0 saturated carbocycles. The van der Waals surface area contributed by atoms with Gasteiger partial charge in [-0.05, 0) is 54.7 Å². The van der Waals surface area contributed by atoms with Gasteiger partial charge in [-0.2, -0.15) is 14.9 Å². The average molecular weight is 366 g/mol. The molecule has 1 aromatic heterocycles. The lowest BCUT2D eigenvalue weighted by Crippen LogP contribution is -1.94. The fraction of sp³-hybridized carbons (Fsp3) is 0.105. The van der Waals surface area contributed by atoms with Crippen LogP contribution in [0.2, 0.25) is 0 Å². The summed E-state index contributed by atoms with van der Waals surface area (Å²) >= 11 is 5.27. The van der Waals surface area contributed by atoms with Crippen molar-refractivity contribution in [2.24, 2.45) is 5.10 Å². The van der Waals surface area contributed by atoms with Crippen LogP contribution in [-0.4, -0.2) is 35.3 Å². The van der Waals surface area contributed by atoms with E-state index in [1.165, 1.54) is 0 Å². The molecule has 1 N–H and O–H groups in total. The Labute approximate surface area is 156 Å². The molecule has 0 fully saturated rings. The highest BCUT2D eigenvalue weighted by Gasteiger charge is 2.07. The van der Waals surface area contributed by atoms with Gasteiger partial charge in [-0.15, -0.1) is 0 Å². The quantitative estimate of drug-likeness (QED) is 0.525. The number of ether oxygens (including phenoxy) is 2. The number of hydrogen-bond donors (Lipinski definition) is 1. The standard InChI is InChI=1S/C19H18N4O2S/c1-24-16-11-9-15(10-12-16)18-21-22-19(26)23(18)20-13-5-7-14-6-3-4-8-17(14)25-2/h3-13H,1-2H3,(H,22,26)/b7-5-,20-13-. The fourth-order valence-electron chi connectivity index (χ4n) is 2.38. The van der Waals surface area contributed by atoms with Crippen LogP contribution in [0.3, 0.4) is 0 Å². The van der Waals surface area contributed by atoms with E-state index in [1.807, 2.05) is 60.7 Å². The van der Waals surface area contributed by atoms with Crippen LogP contribution in [-0.2, 0) is 0 Å². The van der Waals surface area contributed by atoms with Crippen molar-refractivity contribution in [2.75, 3.05) is 14.2 Å². The van der Waals surface area contributed by atoms with Crippen molar-refractivity contribution in [3.8, 4) is 22.9 Å². The second kappa shape index (κ2) is 8.26. The first-order valence-electron chi connectivity index (χ1n) is 7.89. The maximum atomic E-state index is 5.32. The molecule has 0 amide bonds. The third kappa shape index (κ3) is 3.89. The van der Waals surface area contributed by atoms with Gasteiger partial charge in [0.1, 0.15) is 11.5 Å². The lowest BCUT2D eigenvalue weighted by Gasteiger charge is -2.03. The summed E-state index contributed by atoms with van der Waals surface area (Å²) in [6.07, 6.45) is 5.40. The normalized spacial score (nSPS) is 11.3. The number of allylic oxidation sites excluding steroid dienone is 1. The number of methoxy groups -OCH3 is 2. The Morgan fingerprint density at radius 1 is 1.08 bits per heavy atom. The topological polar surface area (TPSA) is 64.4 Å². The van der Waals surface area contributed by atoms with E-state index < -0.39 is 0 Å². The van der Waals surface area contributed by atoms with Gasteiger partial charge in [-0.3, -0.25) is 0 Å². The molecule has 1 heterocycles. The molecule has 7 heteroatoms. The number of nitrogens with zero attached hydrogens (tertiary/aromatic N) is 3. The molecule has 2 aromatic carbocycles. The van der Waals surface area contributed by atoms with Gasteiger partial charge in [0.15, 0.2) is 5.82 Å². The predicted octanol–water partition coefficient (Wildman–Crippen LogP) is 4.17. The summed E-state index contributed by atoms with van der Waals surface area (Å²) in [4.78, 5) is 0. The predicted molar refractivity (Wildman–Crippen MR) is 105 cm³/mol. The summed E-state index contributed by atoms with van der Waals surface area (Å²) in [5, 5.41) is 11.4. The van der Waals surface area contributed by atoms with Gasteiger partial charge in [0, 0.05) is 17.3 Å². The molecular weight excluding hydrogens is 348 g/mol. The van der Waals surface area contributed by atoms with Crippen LogP contribution in [0.5, 0.6) is 11.5 Å². The third-order valence-corrected chi connectivity index (χ3v) is 3.95. The minimum absolute atomic E-state index is 0.415. The molecular formula is C19H18N4O2S. The Kier molecular flexibility index (Phi) is 5.60. The van der Waals surface area contributed by atoms with Crippen molar-refractivity contribution in [1.29, 1.82) is 0 Å². The van der Waals surface area contributed by atoms with Gasteiger partial charge in [-0.1, -0.05) is 18.2 Å². The van der Waals surface area contributed by atoms with Crippen LogP contribution in [0.15, 0.2) is 59.7 Å². The highest BCUT2D eigenvalue weighted by Crippen LogP contribution is 2.21. The number of aromatic amines is 1. The number of H-pyrrole nitrogens is 1. The molecule has 6 nitrogen and oxygen atoms in total. The number of rotatable bonds is 6. The van der Waals surface area contributed by atoms with Gasteiger partial charge in [-0.25, -0.2) is 5.10 Å². The molecule has 3 rings (SSSR count). The highest BCUT2D eigenvalue weighted by molar-refractivity contribution is 7.71. The molecule has 0 aliphatic carbocycles. The summed E-state index contributed by atoms with van der Waals surface area (Å²) in [5.74, 6) is 2.20. The summed E-state index contributed by atoms with van der Waals surface area (Å²) in [6.45, 7) is 0. The molecule has 3 aromatic rings. The van der Waals surface area contributed by atoms with E-state index >= 15 is 0 Å². The summed E-state index contributed by atoms with van der Waals surface area (Å²) in [5.41, 5.74) is 1.84.